The molecule has 0 radical (unpaired) electrons. The largest absolute Gasteiger partial charge is 0.481 e. The summed E-state index contributed by atoms with van der Waals surface area (Å²) in [6.45, 7) is 4.59. The number of hydrogen-bond acceptors (Lipinski definition) is 1. The highest BCUT2D eigenvalue weighted by molar-refractivity contribution is 5.66. The standard InChI is InChI=1S/C16H32O2/c1-3-15(4-2)13-11-9-7-5-6-8-10-12-14-16(17)18/h15H,3-14H2,1-2H3,(H,17,18). The minimum Gasteiger partial charge on any atom is -0.481 e. The Morgan fingerprint density at radius 3 is 1.72 bits per heavy atom. The van der Waals surface area contributed by atoms with Gasteiger partial charge in [0, 0.05) is 6.42 Å². The van der Waals surface area contributed by atoms with E-state index in [-0.39, 0.29) is 0 Å². The number of aliphatic carboxylic acids is 1. The first kappa shape index (κ1) is 17.5. The first-order chi connectivity index (χ1) is 8.70. The quantitative estimate of drug-likeness (QED) is 0.447. The normalized spacial score (nSPS) is 11.1. The minimum absolute atomic E-state index is 0.343. The number of rotatable bonds is 13. The summed E-state index contributed by atoms with van der Waals surface area (Å²) < 4.78 is 0. The maximum atomic E-state index is 10.3. The first-order valence-electron chi connectivity index (χ1n) is 7.92. The Hall–Kier alpha value is -0.530. The third-order valence-electron chi connectivity index (χ3n) is 3.91. The Bertz CT molecular complexity index is 186. The lowest BCUT2D eigenvalue weighted by Gasteiger charge is -2.11. The van der Waals surface area contributed by atoms with E-state index in [1.54, 1.807) is 0 Å². The Kier molecular flexibility index (Phi) is 12.5. The van der Waals surface area contributed by atoms with Gasteiger partial charge in [0.25, 0.3) is 0 Å². The molecule has 0 heterocycles. The van der Waals surface area contributed by atoms with Gasteiger partial charge >= 0.3 is 5.97 Å². The third-order valence-corrected chi connectivity index (χ3v) is 3.91. The first-order valence-corrected chi connectivity index (χ1v) is 7.92. The molecule has 0 fully saturated rings. The van der Waals surface area contributed by atoms with Gasteiger partial charge in [-0.2, -0.15) is 0 Å². The Balaban J connectivity index is 3.09. The van der Waals surface area contributed by atoms with Crippen molar-refractivity contribution in [3.8, 4) is 0 Å². The molecule has 0 aliphatic rings. The molecule has 0 aliphatic carbocycles. The van der Waals surface area contributed by atoms with Gasteiger partial charge < -0.3 is 5.11 Å². The van der Waals surface area contributed by atoms with E-state index in [4.69, 9.17) is 5.11 Å². The highest BCUT2D eigenvalue weighted by Crippen LogP contribution is 2.17. The van der Waals surface area contributed by atoms with Crippen molar-refractivity contribution in [2.75, 3.05) is 0 Å². The van der Waals surface area contributed by atoms with Crippen molar-refractivity contribution in [3.63, 3.8) is 0 Å². The fraction of sp³-hybridized carbons (Fsp3) is 0.938. The van der Waals surface area contributed by atoms with Crippen LogP contribution in [0, 0.1) is 5.92 Å². The number of hydrogen-bond donors (Lipinski definition) is 1. The van der Waals surface area contributed by atoms with Crippen LogP contribution in [0.5, 0.6) is 0 Å². The van der Waals surface area contributed by atoms with Crippen LogP contribution in [0.1, 0.15) is 90.9 Å². The molecule has 0 atom stereocenters. The summed E-state index contributed by atoms with van der Waals surface area (Å²) in [5, 5.41) is 8.50. The number of carbonyl (C=O) groups is 1. The van der Waals surface area contributed by atoms with Crippen LogP contribution in [-0.2, 0) is 4.79 Å². The molecule has 2 nitrogen and oxygen atoms in total. The predicted molar refractivity (Wildman–Crippen MR) is 77.9 cm³/mol. The zero-order valence-electron chi connectivity index (χ0n) is 12.4. The van der Waals surface area contributed by atoms with Crippen LogP contribution in [0.15, 0.2) is 0 Å². The molecule has 0 aliphatic heterocycles. The molecule has 0 aromatic rings. The van der Waals surface area contributed by atoms with Gasteiger partial charge in [-0.1, -0.05) is 78.1 Å². The average molecular weight is 256 g/mol. The van der Waals surface area contributed by atoms with Gasteiger partial charge in [0.05, 0.1) is 0 Å². The van der Waals surface area contributed by atoms with Gasteiger partial charge in [0.2, 0.25) is 0 Å². The predicted octanol–water partition coefficient (Wildman–Crippen LogP) is 5.41. The van der Waals surface area contributed by atoms with E-state index in [1.807, 2.05) is 0 Å². The summed E-state index contributed by atoms with van der Waals surface area (Å²) in [4.78, 5) is 10.3. The molecule has 0 saturated carbocycles. The minimum atomic E-state index is -0.656. The van der Waals surface area contributed by atoms with Gasteiger partial charge in [0.1, 0.15) is 0 Å². The summed E-state index contributed by atoms with van der Waals surface area (Å²) in [5.74, 6) is 0.289. The summed E-state index contributed by atoms with van der Waals surface area (Å²) in [6, 6.07) is 0. The van der Waals surface area contributed by atoms with E-state index in [1.165, 1.54) is 57.8 Å². The Morgan fingerprint density at radius 2 is 1.28 bits per heavy atom. The lowest BCUT2D eigenvalue weighted by Crippen LogP contribution is -1.96. The van der Waals surface area contributed by atoms with E-state index >= 15 is 0 Å². The van der Waals surface area contributed by atoms with Gasteiger partial charge in [0.15, 0.2) is 0 Å². The summed E-state index contributed by atoms with van der Waals surface area (Å²) >= 11 is 0. The second-order valence-corrected chi connectivity index (χ2v) is 5.44. The number of carboxylic acid groups (broad SMARTS) is 1. The van der Waals surface area contributed by atoms with Gasteiger partial charge in [-0.25, -0.2) is 0 Å². The molecule has 0 rings (SSSR count). The van der Waals surface area contributed by atoms with Crippen molar-refractivity contribution in [2.24, 2.45) is 5.92 Å². The van der Waals surface area contributed by atoms with E-state index in [0.717, 1.165) is 18.8 Å². The molecule has 0 aromatic carbocycles. The molecular formula is C16H32O2. The van der Waals surface area contributed by atoms with Gasteiger partial charge in [-0.15, -0.1) is 0 Å². The molecule has 108 valence electrons. The van der Waals surface area contributed by atoms with Crippen LogP contribution >= 0.6 is 0 Å². The Morgan fingerprint density at radius 1 is 0.833 bits per heavy atom. The molecule has 0 aromatic heterocycles. The maximum absolute atomic E-state index is 10.3. The monoisotopic (exact) mass is 256 g/mol. The second-order valence-electron chi connectivity index (χ2n) is 5.44. The molecule has 0 spiro atoms. The highest BCUT2D eigenvalue weighted by atomic mass is 16.4. The van der Waals surface area contributed by atoms with Gasteiger partial charge in [-0.05, 0) is 12.3 Å². The fourth-order valence-corrected chi connectivity index (χ4v) is 2.47. The smallest absolute Gasteiger partial charge is 0.303 e. The van der Waals surface area contributed by atoms with Crippen LogP contribution in [0.25, 0.3) is 0 Å². The van der Waals surface area contributed by atoms with Crippen LogP contribution in [0.4, 0.5) is 0 Å². The van der Waals surface area contributed by atoms with Crippen molar-refractivity contribution >= 4 is 5.97 Å². The summed E-state index contributed by atoms with van der Waals surface area (Å²) in [5.41, 5.74) is 0. The molecule has 18 heavy (non-hydrogen) atoms. The lowest BCUT2D eigenvalue weighted by molar-refractivity contribution is -0.137. The summed E-state index contributed by atoms with van der Waals surface area (Å²) in [6.07, 6.45) is 14.3. The van der Waals surface area contributed by atoms with Crippen molar-refractivity contribution in [1.29, 1.82) is 0 Å². The zero-order chi connectivity index (χ0) is 13.6. The van der Waals surface area contributed by atoms with Crippen molar-refractivity contribution in [3.05, 3.63) is 0 Å². The molecule has 0 amide bonds. The maximum Gasteiger partial charge on any atom is 0.303 e. The van der Waals surface area contributed by atoms with Crippen LogP contribution in [0.3, 0.4) is 0 Å². The van der Waals surface area contributed by atoms with Crippen molar-refractivity contribution in [1.82, 2.24) is 0 Å². The van der Waals surface area contributed by atoms with E-state index in [9.17, 15) is 4.79 Å². The highest BCUT2D eigenvalue weighted by Gasteiger charge is 2.02. The number of unbranched alkanes of at least 4 members (excludes halogenated alkanes) is 7. The van der Waals surface area contributed by atoms with E-state index in [0.29, 0.717) is 6.42 Å². The lowest BCUT2D eigenvalue weighted by atomic mass is 9.95. The number of carboxylic acids is 1. The third kappa shape index (κ3) is 11.9. The molecule has 0 bridgehead atoms. The molecule has 2 heteroatoms. The Labute approximate surface area is 113 Å². The van der Waals surface area contributed by atoms with E-state index < -0.39 is 5.97 Å². The SMILES string of the molecule is CCC(CC)CCCCCCCCCCC(=O)O. The van der Waals surface area contributed by atoms with Crippen LogP contribution in [-0.4, -0.2) is 11.1 Å². The van der Waals surface area contributed by atoms with Crippen LogP contribution < -0.4 is 0 Å². The van der Waals surface area contributed by atoms with Gasteiger partial charge in [-0.3, -0.25) is 4.79 Å². The van der Waals surface area contributed by atoms with Crippen LogP contribution in [0.2, 0.25) is 0 Å². The fourth-order valence-electron chi connectivity index (χ4n) is 2.47. The molecule has 0 saturated heterocycles. The molecular weight excluding hydrogens is 224 g/mol. The average Bonchev–Trinajstić information content (AvgIpc) is 2.36. The summed E-state index contributed by atoms with van der Waals surface area (Å²) in [7, 11) is 0. The van der Waals surface area contributed by atoms with Crippen molar-refractivity contribution < 1.29 is 9.90 Å². The zero-order valence-corrected chi connectivity index (χ0v) is 12.4. The van der Waals surface area contributed by atoms with Crippen molar-refractivity contribution in [2.45, 2.75) is 90.9 Å². The molecule has 0 unspecified atom stereocenters. The second kappa shape index (κ2) is 12.9. The topological polar surface area (TPSA) is 37.3 Å². The molecule has 1 N–H and O–H groups in total. The van der Waals surface area contributed by atoms with E-state index in [2.05, 4.69) is 13.8 Å².